The summed E-state index contributed by atoms with van der Waals surface area (Å²) >= 11 is 0. The minimum absolute atomic E-state index is 0.0594. The maximum atomic E-state index is 11.7. The Morgan fingerprint density at radius 2 is 2.05 bits per heavy atom. The SMILES string of the molecule is CCN(CC)CCc1nc(CNCC(C)C)cc(=O)[nH]1. The van der Waals surface area contributed by atoms with Gasteiger partial charge in [-0.2, -0.15) is 0 Å². The molecule has 20 heavy (non-hydrogen) atoms. The van der Waals surface area contributed by atoms with Crippen molar-refractivity contribution >= 4 is 0 Å². The molecule has 0 aliphatic heterocycles. The van der Waals surface area contributed by atoms with Crippen molar-refractivity contribution in [3.8, 4) is 0 Å². The number of aromatic nitrogens is 2. The molecule has 0 atom stereocenters. The summed E-state index contributed by atoms with van der Waals surface area (Å²) < 4.78 is 0. The van der Waals surface area contributed by atoms with Crippen LogP contribution in [0.3, 0.4) is 0 Å². The van der Waals surface area contributed by atoms with Gasteiger partial charge in [-0.15, -0.1) is 0 Å². The third-order valence-electron chi connectivity index (χ3n) is 3.26. The molecular weight excluding hydrogens is 252 g/mol. The van der Waals surface area contributed by atoms with Crippen LogP contribution in [0.1, 0.15) is 39.2 Å². The average molecular weight is 280 g/mol. The second kappa shape index (κ2) is 8.87. The predicted molar refractivity (Wildman–Crippen MR) is 82.9 cm³/mol. The second-order valence-corrected chi connectivity index (χ2v) is 5.49. The molecule has 0 spiro atoms. The summed E-state index contributed by atoms with van der Waals surface area (Å²) in [6.07, 6.45) is 0.787. The van der Waals surface area contributed by atoms with Gasteiger partial charge in [0.05, 0.1) is 5.69 Å². The molecule has 0 aromatic carbocycles. The number of likely N-dealkylation sites (N-methyl/N-ethyl adjacent to an activating group) is 1. The molecule has 0 bridgehead atoms. The Labute approximate surface area is 121 Å². The van der Waals surface area contributed by atoms with Crippen molar-refractivity contribution in [2.45, 2.75) is 40.7 Å². The van der Waals surface area contributed by atoms with Crippen molar-refractivity contribution in [2.75, 3.05) is 26.2 Å². The summed E-state index contributed by atoms with van der Waals surface area (Å²) in [6.45, 7) is 13.2. The number of hydrogen-bond donors (Lipinski definition) is 2. The lowest BCUT2D eigenvalue weighted by Gasteiger charge is -2.17. The summed E-state index contributed by atoms with van der Waals surface area (Å²) in [4.78, 5) is 21.3. The number of nitrogens with one attached hydrogen (secondary N) is 2. The molecule has 0 radical (unpaired) electrons. The van der Waals surface area contributed by atoms with Gasteiger partial charge < -0.3 is 15.2 Å². The van der Waals surface area contributed by atoms with E-state index in [-0.39, 0.29) is 5.56 Å². The summed E-state index contributed by atoms with van der Waals surface area (Å²) in [7, 11) is 0. The zero-order chi connectivity index (χ0) is 15.0. The monoisotopic (exact) mass is 280 g/mol. The first kappa shape index (κ1) is 16.9. The van der Waals surface area contributed by atoms with E-state index in [0.717, 1.165) is 44.1 Å². The molecule has 1 aromatic heterocycles. The Morgan fingerprint density at radius 1 is 1.35 bits per heavy atom. The molecule has 2 N–H and O–H groups in total. The van der Waals surface area contributed by atoms with Crippen molar-refractivity contribution < 1.29 is 0 Å². The quantitative estimate of drug-likeness (QED) is 0.718. The summed E-state index contributed by atoms with van der Waals surface area (Å²) in [6, 6.07) is 1.58. The molecule has 1 aromatic rings. The predicted octanol–water partition coefficient (Wildman–Crippen LogP) is 1.40. The van der Waals surface area contributed by atoms with Crippen LogP contribution in [0.4, 0.5) is 0 Å². The van der Waals surface area contributed by atoms with E-state index >= 15 is 0 Å². The molecule has 1 heterocycles. The van der Waals surface area contributed by atoms with E-state index in [9.17, 15) is 4.79 Å². The zero-order valence-corrected chi connectivity index (χ0v) is 13.2. The lowest BCUT2D eigenvalue weighted by molar-refractivity contribution is 0.305. The van der Waals surface area contributed by atoms with Crippen LogP contribution in [0.5, 0.6) is 0 Å². The Morgan fingerprint density at radius 3 is 2.65 bits per heavy atom. The van der Waals surface area contributed by atoms with Crippen LogP contribution in [-0.2, 0) is 13.0 Å². The standard InChI is InChI=1S/C15H28N4O/c1-5-19(6-2)8-7-14-17-13(9-15(20)18-14)11-16-10-12(3)4/h9,12,16H,5-8,10-11H2,1-4H3,(H,17,18,20). The highest BCUT2D eigenvalue weighted by molar-refractivity contribution is 5.03. The van der Waals surface area contributed by atoms with Crippen molar-refractivity contribution in [1.29, 1.82) is 0 Å². The highest BCUT2D eigenvalue weighted by Gasteiger charge is 2.05. The fraction of sp³-hybridized carbons (Fsp3) is 0.733. The Bertz CT molecular complexity index is 438. The van der Waals surface area contributed by atoms with E-state index in [2.05, 4.69) is 47.9 Å². The van der Waals surface area contributed by atoms with Crippen molar-refractivity contribution in [1.82, 2.24) is 20.2 Å². The van der Waals surface area contributed by atoms with Crippen LogP contribution in [0.2, 0.25) is 0 Å². The van der Waals surface area contributed by atoms with Crippen molar-refractivity contribution in [3.05, 3.63) is 27.9 Å². The summed E-state index contributed by atoms with van der Waals surface area (Å²) in [5.74, 6) is 1.38. The second-order valence-electron chi connectivity index (χ2n) is 5.49. The van der Waals surface area contributed by atoms with E-state index in [0.29, 0.717) is 12.5 Å². The van der Waals surface area contributed by atoms with E-state index in [4.69, 9.17) is 0 Å². The molecule has 0 aliphatic rings. The van der Waals surface area contributed by atoms with E-state index < -0.39 is 0 Å². The first-order valence-electron chi connectivity index (χ1n) is 7.57. The van der Waals surface area contributed by atoms with Gasteiger partial charge in [-0.3, -0.25) is 4.79 Å². The first-order valence-corrected chi connectivity index (χ1v) is 7.57. The molecule has 114 valence electrons. The third-order valence-corrected chi connectivity index (χ3v) is 3.26. The maximum absolute atomic E-state index is 11.7. The third kappa shape index (κ3) is 6.30. The minimum atomic E-state index is -0.0594. The molecule has 0 fully saturated rings. The fourth-order valence-electron chi connectivity index (χ4n) is 2.06. The lowest BCUT2D eigenvalue weighted by atomic mass is 10.2. The molecule has 1 rings (SSSR count). The molecule has 0 saturated heterocycles. The number of nitrogens with zero attached hydrogens (tertiary/aromatic N) is 2. The van der Waals surface area contributed by atoms with Gasteiger partial charge in [0.2, 0.25) is 0 Å². The Balaban J connectivity index is 2.59. The maximum Gasteiger partial charge on any atom is 0.251 e. The van der Waals surface area contributed by atoms with Gasteiger partial charge in [-0.05, 0) is 25.6 Å². The van der Waals surface area contributed by atoms with Gasteiger partial charge in [0.25, 0.3) is 5.56 Å². The molecule has 0 saturated carbocycles. The topological polar surface area (TPSA) is 61.0 Å². The summed E-state index contributed by atoms with van der Waals surface area (Å²) in [5, 5.41) is 3.32. The fourth-order valence-corrected chi connectivity index (χ4v) is 2.06. The average Bonchev–Trinajstić information content (AvgIpc) is 2.39. The van der Waals surface area contributed by atoms with Gasteiger partial charge in [0, 0.05) is 25.6 Å². The van der Waals surface area contributed by atoms with Crippen LogP contribution in [0.15, 0.2) is 10.9 Å². The molecule has 0 amide bonds. The van der Waals surface area contributed by atoms with Crippen LogP contribution in [-0.4, -0.2) is 41.0 Å². The Hall–Kier alpha value is -1.20. The van der Waals surface area contributed by atoms with Gasteiger partial charge in [-0.25, -0.2) is 4.98 Å². The molecule has 5 nitrogen and oxygen atoms in total. The van der Waals surface area contributed by atoms with Crippen molar-refractivity contribution in [2.24, 2.45) is 5.92 Å². The van der Waals surface area contributed by atoms with Crippen LogP contribution in [0, 0.1) is 5.92 Å². The van der Waals surface area contributed by atoms with Gasteiger partial charge in [0.15, 0.2) is 0 Å². The highest BCUT2D eigenvalue weighted by Crippen LogP contribution is 1.97. The van der Waals surface area contributed by atoms with Crippen molar-refractivity contribution in [3.63, 3.8) is 0 Å². The number of hydrogen-bond acceptors (Lipinski definition) is 4. The lowest BCUT2D eigenvalue weighted by Crippen LogP contribution is -2.27. The first-order chi connectivity index (χ1) is 9.55. The van der Waals surface area contributed by atoms with E-state index in [1.165, 1.54) is 0 Å². The number of rotatable bonds is 9. The van der Waals surface area contributed by atoms with Crippen LogP contribution >= 0.6 is 0 Å². The molecule has 0 aliphatic carbocycles. The zero-order valence-electron chi connectivity index (χ0n) is 13.2. The van der Waals surface area contributed by atoms with Gasteiger partial charge in [-0.1, -0.05) is 27.7 Å². The molecular formula is C15H28N4O. The van der Waals surface area contributed by atoms with Crippen LogP contribution < -0.4 is 10.9 Å². The van der Waals surface area contributed by atoms with Gasteiger partial charge in [0.1, 0.15) is 5.82 Å². The molecule has 0 unspecified atom stereocenters. The van der Waals surface area contributed by atoms with Crippen LogP contribution in [0.25, 0.3) is 0 Å². The number of H-pyrrole nitrogens is 1. The normalized spacial score (nSPS) is 11.5. The van der Waals surface area contributed by atoms with E-state index in [1.54, 1.807) is 6.07 Å². The minimum Gasteiger partial charge on any atom is -0.311 e. The largest absolute Gasteiger partial charge is 0.311 e. The number of aromatic amines is 1. The Kier molecular flexibility index (Phi) is 7.47. The van der Waals surface area contributed by atoms with Gasteiger partial charge >= 0.3 is 0 Å². The highest BCUT2D eigenvalue weighted by atomic mass is 16.1. The molecule has 5 heteroatoms. The van der Waals surface area contributed by atoms with E-state index in [1.807, 2.05) is 0 Å². The smallest absolute Gasteiger partial charge is 0.251 e. The summed E-state index contributed by atoms with van der Waals surface area (Å²) in [5.41, 5.74) is 0.764.